The minimum Gasteiger partial charge on any atom is -0.486 e. The number of hydrogen-bond acceptors (Lipinski definition) is 5. The van der Waals surface area contributed by atoms with Crippen LogP contribution in [0.5, 0.6) is 11.5 Å². The molecule has 0 aliphatic carbocycles. The van der Waals surface area contributed by atoms with E-state index in [1.807, 2.05) is 18.2 Å². The smallest absolute Gasteiger partial charge is 0.244 e. The van der Waals surface area contributed by atoms with Crippen LogP contribution in [0.25, 0.3) is 0 Å². The van der Waals surface area contributed by atoms with Gasteiger partial charge in [-0.2, -0.15) is 4.72 Å². The van der Waals surface area contributed by atoms with Crippen molar-refractivity contribution in [2.24, 2.45) is 0 Å². The summed E-state index contributed by atoms with van der Waals surface area (Å²) in [4.78, 5) is 14.3. The summed E-state index contributed by atoms with van der Waals surface area (Å²) in [5.74, 6) is -0.139. The lowest BCUT2D eigenvalue weighted by Gasteiger charge is -2.31. The Kier molecular flexibility index (Phi) is 7.14. The van der Waals surface area contributed by atoms with Gasteiger partial charge in [-0.05, 0) is 36.2 Å². The van der Waals surface area contributed by atoms with Crippen molar-refractivity contribution in [3.63, 3.8) is 0 Å². The normalized spacial score (nSPS) is 16.0. The maximum Gasteiger partial charge on any atom is 0.244 e. The molecule has 0 fully saturated rings. The van der Waals surface area contributed by atoms with Crippen molar-refractivity contribution in [1.82, 2.24) is 9.62 Å². The molecule has 1 amide bonds. The molecule has 3 aromatic carbocycles. The second kappa shape index (κ2) is 10.2. The largest absolute Gasteiger partial charge is 0.486 e. The van der Waals surface area contributed by atoms with Gasteiger partial charge in [-0.1, -0.05) is 54.6 Å². The number of ether oxygens (including phenoxy) is 2. The maximum absolute atomic E-state index is 14.2. The van der Waals surface area contributed by atoms with Crippen molar-refractivity contribution in [3.8, 4) is 11.5 Å². The van der Waals surface area contributed by atoms with Crippen LogP contribution in [-0.4, -0.2) is 51.6 Å². The molecule has 0 saturated heterocycles. The molecule has 1 heterocycles. The second-order valence-corrected chi connectivity index (χ2v) is 9.69. The minimum atomic E-state index is -4.29. The lowest BCUT2D eigenvalue weighted by Crippen LogP contribution is -2.51. The molecule has 2 atom stereocenters. The molecule has 0 radical (unpaired) electrons. The van der Waals surface area contributed by atoms with Gasteiger partial charge in [0, 0.05) is 7.05 Å². The second-order valence-electron chi connectivity index (χ2n) is 8.01. The molecule has 1 aliphatic heterocycles. The molecular weight excluding hydrogens is 459 g/mol. The molecule has 9 heteroatoms. The van der Waals surface area contributed by atoms with Crippen LogP contribution in [0.2, 0.25) is 0 Å². The Labute approximate surface area is 198 Å². The van der Waals surface area contributed by atoms with E-state index < -0.39 is 38.8 Å². The van der Waals surface area contributed by atoms with E-state index in [1.165, 1.54) is 17.0 Å². The fourth-order valence-electron chi connectivity index (χ4n) is 3.76. The zero-order valence-electron chi connectivity index (χ0n) is 18.6. The van der Waals surface area contributed by atoms with Crippen molar-refractivity contribution in [2.75, 3.05) is 20.2 Å². The Balaban J connectivity index is 1.52. The lowest BCUT2D eigenvalue weighted by atomic mass is 10.1. The van der Waals surface area contributed by atoms with E-state index in [-0.39, 0.29) is 19.6 Å². The third kappa shape index (κ3) is 5.55. The first-order valence-corrected chi connectivity index (χ1v) is 12.3. The van der Waals surface area contributed by atoms with Gasteiger partial charge in [-0.3, -0.25) is 4.79 Å². The third-order valence-corrected chi connectivity index (χ3v) is 6.93. The molecule has 0 aromatic heterocycles. The van der Waals surface area contributed by atoms with Crippen LogP contribution in [0.1, 0.15) is 5.56 Å². The fourth-order valence-corrected chi connectivity index (χ4v) is 5.03. The molecule has 0 unspecified atom stereocenters. The number of amides is 1. The van der Waals surface area contributed by atoms with Gasteiger partial charge in [-0.15, -0.1) is 0 Å². The number of sulfonamides is 1. The van der Waals surface area contributed by atoms with Crippen molar-refractivity contribution in [3.05, 3.63) is 90.2 Å². The number of carbonyl (C=O) groups is 1. The summed E-state index contributed by atoms with van der Waals surface area (Å²) in [5, 5.41) is 0. The summed E-state index contributed by atoms with van der Waals surface area (Å²) >= 11 is 0. The molecular formula is C25H25FN2O5S. The van der Waals surface area contributed by atoms with Crippen molar-refractivity contribution < 1.29 is 27.1 Å². The Bertz CT molecular complexity index is 1250. The van der Waals surface area contributed by atoms with Crippen molar-refractivity contribution in [2.45, 2.75) is 23.5 Å². The highest BCUT2D eigenvalue weighted by atomic mass is 32.2. The number of nitrogens with zero attached hydrogens (tertiary/aromatic N) is 1. The monoisotopic (exact) mass is 484 g/mol. The van der Waals surface area contributed by atoms with Gasteiger partial charge in [0.25, 0.3) is 0 Å². The van der Waals surface area contributed by atoms with Gasteiger partial charge < -0.3 is 14.4 Å². The third-order valence-electron chi connectivity index (χ3n) is 5.43. The number of benzene rings is 3. The number of carbonyl (C=O) groups excluding carboxylic acids is 1. The van der Waals surface area contributed by atoms with Crippen LogP contribution in [-0.2, 0) is 21.2 Å². The summed E-state index contributed by atoms with van der Waals surface area (Å²) in [7, 11) is -2.72. The van der Waals surface area contributed by atoms with E-state index in [0.717, 1.165) is 17.7 Å². The molecule has 7 nitrogen and oxygen atoms in total. The highest BCUT2D eigenvalue weighted by molar-refractivity contribution is 7.89. The topological polar surface area (TPSA) is 84.9 Å². The van der Waals surface area contributed by atoms with E-state index in [0.29, 0.717) is 11.5 Å². The van der Waals surface area contributed by atoms with Crippen LogP contribution in [0.15, 0.2) is 83.8 Å². The molecule has 0 spiro atoms. The average molecular weight is 485 g/mol. The minimum absolute atomic E-state index is 0.0998. The van der Waals surface area contributed by atoms with Gasteiger partial charge in [0.1, 0.15) is 23.4 Å². The first kappa shape index (κ1) is 23.7. The van der Waals surface area contributed by atoms with Crippen LogP contribution < -0.4 is 14.2 Å². The average Bonchev–Trinajstić information content (AvgIpc) is 2.83. The summed E-state index contributed by atoms with van der Waals surface area (Å²) in [6.07, 6.45) is -0.327. The number of halogens is 1. The number of rotatable bonds is 8. The Morgan fingerprint density at radius 3 is 2.41 bits per heavy atom. The van der Waals surface area contributed by atoms with E-state index in [1.54, 1.807) is 43.4 Å². The molecule has 1 N–H and O–H groups in total. The number of likely N-dealkylation sites (N-methyl/N-ethyl adjacent to an activating group) is 1. The Morgan fingerprint density at radius 2 is 1.68 bits per heavy atom. The van der Waals surface area contributed by atoms with Gasteiger partial charge >= 0.3 is 0 Å². The van der Waals surface area contributed by atoms with Crippen LogP contribution in [0.3, 0.4) is 0 Å². The predicted octanol–water partition coefficient (Wildman–Crippen LogP) is 3.01. The molecule has 0 saturated carbocycles. The lowest BCUT2D eigenvalue weighted by molar-refractivity contribution is -0.133. The van der Waals surface area contributed by atoms with Crippen LogP contribution in [0, 0.1) is 5.82 Å². The first-order valence-electron chi connectivity index (χ1n) is 10.8. The number of nitrogens with one attached hydrogen (secondary N) is 1. The number of hydrogen-bond donors (Lipinski definition) is 1. The van der Waals surface area contributed by atoms with Gasteiger partial charge in [0.2, 0.25) is 15.9 Å². The van der Waals surface area contributed by atoms with E-state index in [4.69, 9.17) is 9.47 Å². The van der Waals surface area contributed by atoms with Gasteiger partial charge in [-0.25, -0.2) is 12.8 Å². The highest BCUT2D eigenvalue weighted by Crippen LogP contribution is 2.31. The Hall–Kier alpha value is -3.43. The predicted molar refractivity (Wildman–Crippen MR) is 125 cm³/mol. The summed E-state index contributed by atoms with van der Waals surface area (Å²) < 4.78 is 54.1. The molecule has 4 rings (SSSR count). The zero-order valence-corrected chi connectivity index (χ0v) is 19.4. The number of para-hydroxylation sites is 2. The molecule has 178 valence electrons. The van der Waals surface area contributed by atoms with Crippen molar-refractivity contribution in [1.29, 1.82) is 0 Å². The summed E-state index contributed by atoms with van der Waals surface area (Å²) in [6.45, 7) is 0.429. The van der Waals surface area contributed by atoms with E-state index >= 15 is 0 Å². The van der Waals surface area contributed by atoms with Gasteiger partial charge in [0.05, 0.1) is 6.54 Å². The first-order chi connectivity index (χ1) is 16.3. The summed E-state index contributed by atoms with van der Waals surface area (Å²) in [6, 6.07) is 20.2. The molecule has 0 bridgehead atoms. The van der Waals surface area contributed by atoms with Crippen LogP contribution >= 0.6 is 0 Å². The SMILES string of the molecule is CN(C[C@@H]1COc2ccccc2O1)C(=O)[C@@H](Cc1ccccc1)NS(=O)(=O)c1ccccc1F. The quantitative estimate of drug-likeness (QED) is 0.531. The van der Waals surface area contributed by atoms with Gasteiger partial charge in [0.15, 0.2) is 17.6 Å². The standard InChI is InChI=1S/C25H25FN2O5S/c1-28(16-19-17-32-22-12-6-7-13-23(22)33-19)25(29)21(15-18-9-3-2-4-10-18)27-34(30,31)24-14-8-5-11-20(24)26/h2-14,19,21,27H,15-17H2,1H3/t19-,21-/m1/s1. The molecule has 34 heavy (non-hydrogen) atoms. The van der Waals surface area contributed by atoms with Crippen LogP contribution in [0.4, 0.5) is 4.39 Å². The number of fused-ring (bicyclic) bond motifs is 1. The van der Waals surface area contributed by atoms with E-state index in [2.05, 4.69) is 4.72 Å². The summed E-state index contributed by atoms with van der Waals surface area (Å²) in [5.41, 5.74) is 0.761. The zero-order chi connectivity index (χ0) is 24.1. The van der Waals surface area contributed by atoms with E-state index in [9.17, 15) is 17.6 Å². The maximum atomic E-state index is 14.2. The van der Waals surface area contributed by atoms with Crippen molar-refractivity contribution >= 4 is 15.9 Å². The Morgan fingerprint density at radius 1 is 1.03 bits per heavy atom. The fraction of sp³-hybridized carbons (Fsp3) is 0.240. The molecule has 3 aromatic rings. The highest BCUT2D eigenvalue weighted by Gasteiger charge is 2.31. The molecule has 1 aliphatic rings.